The number of rotatable bonds is 4. The molecule has 1 aromatic heterocycles. The topological polar surface area (TPSA) is 33.4 Å². The zero-order valence-electron chi connectivity index (χ0n) is 6.86. The summed E-state index contributed by atoms with van der Waals surface area (Å²) in [6.45, 7) is 0. The number of furan rings is 1. The van der Waals surface area contributed by atoms with E-state index in [2.05, 4.69) is 5.92 Å². The van der Waals surface area contributed by atoms with Crippen LogP contribution in [0.15, 0.2) is 22.8 Å². The Bertz CT molecular complexity index is 243. The summed E-state index contributed by atoms with van der Waals surface area (Å²) in [6, 6.07) is 3.53. The number of aliphatic hydroxyl groups is 1. The number of hydrogen-bond acceptors (Lipinski definition) is 2. The van der Waals surface area contributed by atoms with Crippen LogP contribution in [0.2, 0.25) is 0 Å². The Balaban J connectivity index is 2.30. The van der Waals surface area contributed by atoms with Gasteiger partial charge in [-0.1, -0.05) is 0 Å². The molecule has 0 aliphatic rings. The van der Waals surface area contributed by atoms with Gasteiger partial charge in [0.05, 0.1) is 6.26 Å². The lowest BCUT2D eigenvalue weighted by Crippen LogP contribution is -1.94. The number of terminal acetylenes is 1. The molecule has 0 bridgehead atoms. The minimum Gasteiger partial charge on any atom is -0.467 e. The van der Waals surface area contributed by atoms with E-state index in [-0.39, 0.29) is 0 Å². The van der Waals surface area contributed by atoms with Gasteiger partial charge in [0, 0.05) is 6.42 Å². The maximum atomic E-state index is 9.47. The van der Waals surface area contributed by atoms with Crippen molar-refractivity contribution in [3.63, 3.8) is 0 Å². The summed E-state index contributed by atoms with van der Waals surface area (Å²) in [5.41, 5.74) is 0. The number of hydrogen-bond donors (Lipinski definition) is 1. The first-order chi connectivity index (χ1) is 5.84. The van der Waals surface area contributed by atoms with Gasteiger partial charge in [0.25, 0.3) is 0 Å². The van der Waals surface area contributed by atoms with Crippen molar-refractivity contribution in [2.24, 2.45) is 0 Å². The summed E-state index contributed by atoms with van der Waals surface area (Å²) < 4.78 is 5.02. The zero-order chi connectivity index (χ0) is 8.81. The molecule has 1 heterocycles. The molecule has 0 saturated heterocycles. The third-order valence-corrected chi connectivity index (χ3v) is 1.67. The second kappa shape index (κ2) is 4.63. The van der Waals surface area contributed by atoms with Crippen molar-refractivity contribution >= 4 is 0 Å². The molecule has 64 valence electrons. The van der Waals surface area contributed by atoms with Crippen molar-refractivity contribution in [2.45, 2.75) is 25.4 Å². The van der Waals surface area contributed by atoms with Crippen molar-refractivity contribution in [2.75, 3.05) is 0 Å². The predicted molar refractivity (Wildman–Crippen MR) is 46.4 cm³/mol. The van der Waals surface area contributed by atoms with Crippen molar-refractivity contribution in [1.29, 1.82) is 0 Å². The van der Waals surface area contributed by atoms with Crippen LogP contribution >= 0.6 is 0 Å². The van der Waals surface area contributed by atoms with Crippen LogP contribution < -0.4 is 0 Å². The third kappa shape index (κ3) is 2.44. The SMILES string of the molecule is C#CCCCC(O)c1ccco1. The summed E-state index contributed by atoms with van der Waals surface area (Å²) in [7, 11) is 0. The summed E-state index contributed by atoms with van der Waals surface area (Å²) in [5.74, 6) is 3.14. The molecular formula is C10H12O2. The standard InChI is InChI=1S/C10H12O2/c1-2-3-4-6-9(11)10-7-5-8-12-10/h1,5,7-9,11H,3-4,6H2. The highest BCUT2D eigenvalue weighted by Gasteiger charge is 2.08. The zero-order valence-corrected chi connectivity index (χ0v) is 6.86. The van der Waals surface area contributed by atoms with Gasteiger partial charge in [0.15, 0.2) is 0 Å². The molecule has 2 heteroatoms. The van der Waals surface area contributed by atoms with E-state index in [4.69, 9.17) is 10.8 Å². The average Bonchev–Trinajstić information content (AvgIpc) is 2.56. The lowest BCUT2D eigenvalue weighted by Gasteiger charge is -2.04. The largest absolute Gasteiger partial charge is 0.467 e. The molecule has 0 radical (unpaired) electrons. The van der Waals surface area contributed by atoms with Crippen LogP contribution in [0.1, 0.15) is 31.1 Å². The van der Waals surface area contributed by atoms with Gasteiger partial charge in [0.2, 0.25) is 0 Å². The van der Waals surface area contributed by atoms with Crippen LogP contribution in [0, 0.1) is 12.3 Å². The van der Waals surface area contributed by atoms with Crippen molar-refractivity contribution < 1.29 is 9.52 Å². The van der Waals surface area contributed by atoms with Crippen LogP contribution in [-0.2, 0) is 0 Å². The van der Waals surface area contributed by atoms with Gasteiger partial charge < -0.3 is 9.52 Å². The Morgan fingerprint density at radius 3 is 3.08 bits per heavy atom. The summed E-state index contributed by atoms with van der Waals surface area (Å²) in [4.78, 5) is 0. The monoisotopic (exact) mass is 164 g/mol. The van der Waals surface area contributed by atoms with Crippen LogP contribution in [0.5, 0.6) is 0 Å². The van der Waals surface area contributed by atoms with Gasteiger partial charge >= 0.3 is 0 Å². The quantitative estimate of drug-likeness (QED) is 0.546. The molecular weight excluding hydrogens is 152 g/mol. The van der Waals surface area contributed by atoms with E-state index >= 15 is 0 Å². The smallest absolute Gasteiger partial charge is 0.132 e. The van der Waals surface area contributed by atoms with Crippen LogP contribution in [0.3, 0.4) is 0 Å². The van der Waals surface area contributed by atoms with Crippen molar-refractivity contribution in [3.8, 4) is 12.3 Å². The molecule has 0 fully saturated rings. The molecule has 1 aromatic rings. The Labute approximate surface area is 72.2 Å². The van der Waals surface area contributed by atoms with Gasteiger partial charge in [-0.2, -0.15) is 0 Å². The first-order valence-corrected chi connectivity index (χ1v) is 3.99. The van der Waals surface area contributed by atoms with Crippen LogP contribution in [0.25, 0.3) is 0 Å². The van der Waals surface area contributed by atoms with Crippen molar-refractivity contribution in [1.82, 2.24) is 0 Å². The fourth-order valence-corrected chi connectivity index (χ4v) is 1.02. The second-order valence-corrected chi connectivity index (χ2v) is 2.63. The first kappa shape index (κ1) is 8.89. The van der Waals surface area contributed by atoms with E-state index < -0.39 is 6.10 Å². The van der Waals surface area contributed by atoms with E-state index in [1.54, 1.807) is 18.4 Å². The number of aliphatic hydroxyl groups excluding tert-OH is 1. The van der Waals surface area contributed by atoms with Gasteiger partial charge in [-0.05, 0) is 25.0 Å². The summed E-state index contributed by atoms with van der Waals surface area (Å²) >= 11 is 0. The molecule has 1 unspecified atom stereocenters. The van der Waals surface area contributed by atoms with Crippen LogP contribution in [-0.4, -0.2) is 5.11 Å². The Morgan fingerprint density at radius 1 is 1.67 bits per heavy atom. The maximum Gasteiger partial charge on any atom is 0.132 e. The predicted octanol–water partition coefficient (Wildman–Crippen LogP) is 2.12. The minimum atomic E-state index is -0.506. The molecule has 1 rings (SSSR count). The Morgan fingerprint density at radius 2 is 2.50 bits per heavy atom. The molecule has 0 aliphatic carbocycles. The molecule has 1 N–H and O–H groups in total. The highest BCUT2D eigenvalue weighted by Crippen LogP contribution is 2.18. The lowest BCUT2D eigenvalue weighted by atomic mass is 10.1. The second-order valence-electron chi connectivity index (χ2n) is 2.63. The van der Waals surface area contributed by atoms with E-state index in [0.29, 0.717) is 18.6 Å². The highest BCUT2D eigenvalue weighted by molar-refractivity contribution is 5.01. The molecule has 0 aromatic carbocycles. The molecule has 0 aliphatic heterocycles. The van der Waals surface area contributed by atoms with E-state index in [1.807, 2.05) is 0 Å². The summed E-state index contributed by atoms with van der Waals surface area (Å²) in [5, 5.41) is 9.47. The molecule has 12 heavy (non-hydrogen) atoms. The third-order valence-electron chi connectivity index (χ3n) is 1.67. The molecule has 2 nitrogen and oxygen atoms in total. The highest BCUT2D eigenvalue weighted by atomic mass is 16.4. The van der Waals surface area contributed by atoms with Gasteiger partial charge in [0.1, 0.15) is 11.9 Å². The molecule has 0 saturated carbocycles. The fourth-order valence-electron chi connectivity index (χ4n) is 1.02. The van der Waals surface area contributed by atoms with Crippen molar-refractivity contribution in [3.05, 3.63) is 24.2 Å². The van der Waals surface area contributed by atoms with Gasteiger partial charge in [-0.15, -0.1) is 12.3 Å². The normalized spacial score (nSPS) is 12.3. The molecule has 0 amide bonds. The van der Waals surface area contributed by atoms with Crippen LogP contribution in [0.4, 0.5) is 0 Å². The van der Waals surface area contributed by atoms with Gasteiger partial charge in [-0.25, -0.2) is 0 Å². The minimum absolute atomic E-state index is 0.506. The van der Waals surface area contributed by atoms with E-state index in [9.17, 15) is 5.11 Å². The Hall–Kier alpha value is -1.20. The first-order valence-electron chi connectivity index (χ1n) is 3.99. The molecule has 0 spiro atoms. The summed E-state index contributed by atoms with van der Waals surface area (Å²) in [6.07, 6.45) is 8.33. The average molecular weight is 164 g/mol. The fraction of sp³-hybridized carbons (Fsp3) is 0.400. The number of unbranched alkanes of at least 4 members (excludes halogenated alkanes) is 1. The van der Waals surface area contributed by atoms with E-state index in [1.165, 1.54) is 0 Å². The Kier molecular flexibility index (Phi) is 3.43. The van der Waals surface area contributed by atoms with E-state index in [0.717, 1.165) is 6.42 Å². The molecule has 1 atom stereocenters. The lowest BCUT2D eigenvalue weighted by molar-refractivity contribution is 0.138. The maximum absolute atomic E-state index is 9.47. The van der Waals surface area contributed by atoms with Gasteiger partial charge in [-0.3, -0.25) is 0 Å².